The largest absolute Gasteiger partial charge is 0.414 e. The maximum absolute atomic E-state index is 12.8. The molecule has 5 rings (SSSR count). The minimum Gasteiger partial charge on any atom is -0.393 e. The predicted octanol–water partition coefficient (Wildman–Crippen LogP) is 5.09. The molecule has 8 nitrogen and oxygen atoms in total. The van der Waals surface area contributed by atoms with Crippen LogP contribution >= 0.6 is 11.6 Å². The van der Waals surface area contributed by atoms with Gasteiger partial charge in [0.05, 0.1) is 5.52 Å². The quantitative estimate of drug-likeness (QED) is 0.383. The van der Waals surface area contributed by atoms with Gasteiger partial charge in [0.25, 0.3) is 0 Å². The van der Waals surface area contributed by atoms with Gasteiger partial charge in [-0.25, -0.2) is 4.79 Å². The van der Waals surface area contributed by atoms with Crippen LogP contribution in [0.1, 0.15) is 12.8 Å². The molecule has 2 amide bonds. The highest BCUT2D eigenvalue weighted by Crippen LogP contribution is 2.26. The molecular weight excluding hydrogens is 478 g/mol. The van der Waals surface area contributed by atoms with Crippen LogP contribution in [0.2, 0.25) is 5.02 Å². The number of nitrogens with one attached hydrogen (secondary N) is 2. The molecule has 0 radical (unpaired) electrons. The van der Waals surface area contributed by atoms with Crippen molar-refractivity contribution in [3.63, 3.8) is 0 Å². The molecule has 0 atom stereocenters. The van der Waals surface area contributed by atoms with Gasteiger partial charge in [-0.15, -0.1) is 0 Å². The molecule has 2 N–H and O–H groups in total. The first-order valence-electron chi connectivity index (χ1n) is 11.8. The Morgan fingerprint density at radius 2 is 1.72 bits per heavy atom. The summed E-state index contributed by atoms with van der Waals surface area (Å²) in [6.07, 6.45) is 4.66. The van der Waals surface area contributed by atoms with Gasteiger partial charge in [0.15, 0.2) is 0 Å². The average Bonchev–Trinajstić information content (AvgIpc) is 3.23. The molecule has 9 heteroatoms. The van der Waals surface area contributed by atoms with E-state index in [2.05, 4.69) is 20.5 Å². The third-order valence-corrected chi connectivity index (χ3v) is 6.50. The van der Waals surface area contributed by atoms with Crippen molar-refractivity contribution in [1.82, 2.24) is 14.9 Å². The Kier molecular flexibility index (Phi) is 7.04. The first-order valence-corrected chi connectivity index (χ1v) is 12.2. The Labute approximate surface area is 213 Å². The third kappa shape index (κ3) is 5.60. The molecule has 2 aromatic carbocycles. The second-order valence-corrected chi connectivity index (χ2v) is 9.12. The fourth-order valence-electron chi connectivity index (χ4n) is 4.44. The van der Waals surface area contributed by atoms with Crippen LogP contribution in [0.3, 0.4) is 0 Å². The van der Waals surface area contributed by atoms with Crippen molar-refractivity contribution in [2.45, 2.75) is 25.4 Å². The summed E-state index contributed by atoms with van der Waals surface area (Å²) in [6.45, 7) is 1.66. The summed E-state index contributed by atoms with van der Waals surface area (Å²) in [6, 6.07) is 20.3. The van der Waals surface area contributed by atoms with Crippen molar-refractivity contribution in [1.29, 1.82) is 0 Å². The van der Waals surface area contributed by atoms with E-state index in [-0.39, 0.29) is 18.5 Å². The number of para-hydroxylation sites is 1. The van der Waals surface area contributed by atoms with Crippen molar-refractivity contribution >= 4 is 45.9 Å². The van der Waals surface area contributed by atoms with Crippen LogP contribution < -0.4 is 20.3 Å². The van der Waals surface area contributed by atoms with Crippen LogP contribution in [0.25, 0.3) is 10.9 Å². The highest BCUT2D eigenvalue weighted by atomic mass is 35.5. The molecule has 2 aromatic heterocycles. The number of piperidine rings is 1. The summed E-state index contributed by atoms with van der Waals surface area (Å²) >= 11 is 5.93. The van der Waals surface area contributed by atoms with Crippen LogP contribution in [0, 0.1) is 0 Å². The van der Waals surface area contributed by atoms with E-state index >= 15 is 0 Å². The van der Waals surface area contributed by atoms with Crippen molar-refractivity contribution in [3.05, 3.63) is 84.1 Å². The molecule has 3 heterocycles. The lowest BCUT2D eigenvalue weighted by Gasteiger charge is -2.33. The molecule has 0 unspecified atom stereocenters. The number of pyridine rings is 1. The molecule has 0 spiro atoms. The second-order valence-electron chi connectivity index (χ2n) is 8.68. The first-order chi connectivity index (χ1) is 17.5. The standard InChI is InChI=1S/C27H26ClN5O3/c28-20-5-7-21(8-6-20)30-25(34)18-33-24-4-2-1-3-19(24)17-26(33)36-27(35)31-22-11-15-32(16-12-22)23-9-13-29-14-10-23/h1-10,13-14,17,22H,11-12,15-16,18H2,(H,30,34)(H,31,35). The van der Waals surface area contributed by atoms with Gasteiger partial charge in [-0.2, -0.15) is 0 Å². The maximum Gasteiger partial charge on any atom is 0.414 e. The van der Waals surface area contributed by atoms with E-state index in [1.165, 1.54) is 0 Å². The molecule has 1 aliphatic heterocycles. The Morgan fingerprint density at radius 3 is 2.47 bits per heavy atom. The Hall–Kier alpha value is -4.04. The van der Waals surface area contributed by atoms with Crippen molar-refractivity contribution in [2.24, 2.45) is 0 Å². The van der Waals surface area contributed by atoms with Gasteiger partial charge in [0.2, 0.25) is 11.8 Å². The molecule has 36 heavy (non-hydrogen) atoms. The minimum absolute atomic E-state index is 0.0108. The minimum atomic E-state index is -0.528. The number of amides is 2. The number of fused-ring (bicyclic) bond motifs is 1. The zero-order valence-electron chi connectivity index (χ0n) is 19.6. The number of hydrogen-bond acceptors (Lipinski definition) is 5. The summed E-state index contributed by atoms with van der Waals surface area (Å²) in [5, 5.41) is 7.31. The second kappa shape index (κ2) is 10.7. The Morgan fingerprint density at radius 1 is 1.00 bits per heavy atom. The van der Waals surface area contributed by atoms with E-state index in [0.717, 1.165) is 42.5 Å². The van der Waals surface area contributed by atoms with E-state index < -0.39 is 6.09 Å². The highest BCUT2D eigenvalue weighted by Gasteiger charge is 2.23. The number of carbonyl (C=O) groups is 2. The van der Waals surface area contributed by atoms with Crippen LogP contribution in [0.15, 0.2) is 79.1 Å². The first kappa shape index (κ1) is 23.7. The molecule has 0 saturated carbocycles. The lowest BCUT2D eigenvalue weighted by Crippen LogP contribution is -2.45. The van der Waals surface area contributed by atoms with E-state index in [1.807, 2.05) is 36.4 Å². The summed E-state index contributed by atoms with van der Waals surface area (Å²) in [7, 11) is 0. The van der Waals surface area contributed by atoms with E-state index in [1.54, 1.807) is 47.3 Å². The highest BCUT2D eigenvalue weighted by molar-refractivity contribution is 6.30. The number of benzene rings is 2. The van der Waals surface area contributed by atoms with E-state index in [4.69, 9.17) is 16.3 Å². The molecule has 1 saturated heterocycles. The number of rotatable bonds is 6. The van der Waals surface area contributed by atoms with Gasteiger partial charge in [-0.05, 0) is 55.3 Å². The van der Waals surface area contributed by atoms with Gasteiger partial charge in [-0.1, -0.05) is 29.8 Å². The Balaban J connectivity index is 1.23. The number of hydrogen-bond donors (Lipinski definition) is 2. The molecule has 4 aromatic rings. The van der Waals surface area contributed by atoms with Gasteiger partial charge >= 0.3 is 6.09 Å². The SMILES string of the molecule is O=C(Cn1c(OC(=O)NC2CCN(c3ccncc3)CC2)cc2ccccc21)Nc1ccc(Cl)cc1. The fourth-order valence-corrected chi connectivity index (χ4v) is 4.56. The monoisotopic (exact) mass is 503 g/mol. The maximum atomic E-state index is 12.8. The average molecular weight is 504 g/mol. The molecular formula is C27H26ClN5O3. The number of nitrogens with zero attached hydrogens (tertiary/aromatic N) is 3. The van der Waals surface area contributed by atoms with Crippen LogP contribution in [-0.4, -0.2) is 40.7 Å². The summed E-state index contributed by atoms with van der Waals surface area (Å²) < 4.78 is 7.41. The number of aromatic nitrogens is 2. The normalized spacial score (nSPS) is 14.0. The summed E-state index contributed by atoms with van der Waals surface area (Å²) in [5.74, 6) is 0.0709. The Bertz CT molecular complexity index is 1350. The summed E-state index contributed by atoms with van der Waals surface area (Å²) in [5.41, 5.74) is 2.57. The van der Waals surface area contributed by atoms with Crippen LogP contribution in [-0.2, 0) is 11.3 Å². The number of anilines is 2. The summed E-state index contributed by atoms with van der Waals surface area (Å²) in [4.78, 5) is 31.9. The van der Waals surface area contributed by atoms with Gasteiger partial charge in [0.1, 0.15) is 6.54 Å². The third-order valence-electron chi connectivity index (χ3n) is 6.24. The number of ether oxygens (including phenoxy) is 1. The predicted molar refractivity (Wildman–Crippen MR) is 141 cm³/mol. The van der Waals surface area contributed by atoms with Gasteiger partial charge < -0.3 is 24.8 Å². The topological polar surface area (TPSA) is 88.5 Å². The molecule has 1 aliphatic rings. The molecule has 1 fully saturated rings. The number of carbonyl (C=O) groups excluding carboxylic acids is 2. The lowest BCUT2D eigenvalue weighted by molar-refractivity contribution is -0.116. The number of halogens is 1. The van der Waals surface area contributed by atoms with Gasteiger partial charge in [0, 0.05) is 59.4 Å². The molecule has 184 valence electrons. The van der Waals surface area contributed by atoms with Crippen LogP contribution in [0.5, 0.6) is 5.88 Å². The van der Waals surface area contributed by atoms with Crippen molar-refractivity contribution in [3.8, 4) is 5.88 Å². The van der Waals surface area contributed by atoms with Crippen molar-refractivity contribution < 1.29 is 14.3 Å². The fraction of sp³-hybridized carbons (Fsp3) is 0.222. The molecule has 0 aliphatic carbocycles. The lowest BCUT2D eigenvalue weighted by atomic mass is 10.0. The van der Waals surface area contributed by atoms with Crippen molar-refractivity contribution in [2.75, 3.05) is 23.3 Å². The zero-order chi connectivity index (χ0) is 24.9. The van der Waals surface area contributed by atoms with E-state index in [9.17, 15) is 9.59 Å². The zero-order valence-corrected chi connectivity index (χ0v) is 20.3. The van der Waals surface area contributed by atoms with Crippen LogP contribution in [0.4, 0.5) is 16.2 Å². The van der Waals surface area contributed by atoms with Gasteiger partial charge in [-0.3, -0.25) is 9.78 Å². The smallest absolute Gasteiger partial charge is 0.393 e. The molecule has 0 bridgehead atoms. The van der Waals surface area contributed by atoms with E-state index in [0.29, 0.717) is 16.6 Å².